The summed E-state index contributed by atoms with van der Waals surface area (Å²) in [7, 11) is 0. The van der Waals surface area contributed by atoms with Crippen LogP contribution >= 0.6 is 11.8 Å². The number of hydrogen-bond acceptors (Lipinski definition) is 3. The fourth-order valence-corrected chi connectivity index (χ4v) is 2.85. The number of nitrogens with one attached hydrogen (secondary N) is 1. The zero-order valence-electron chi connectivity index (χ0n) is 10.5. The minimum Gasteiger partial charge on any atom is -0.351 e. The second-order valence-corrected chi connectivity index (χ2v) is 6.23. The Balaban J connectivity index is 2.46. The van der Waals surface area contributed by atoms with Crippen LogP contribution < -0.4 is 11.1 Å². The van der Waals surface area contributed by atoms with Crippen molar-refractivity contribution in [1.29, 1.82) is 0 Å². The Morgan fingerprint density at radius 2 is 2.12 bits per heavy atom. The van der Waals surface area contributed by atoms with E-state index in [0.29, 0.717) is 18.4 Å². The molecule has 3 N–H and O–H groups in total. The standard InChI is InChI=1S/C12H24N2OS/c1-4-16-11(8(2)3)12(15)14-10(7-13)9-5-6-9/h8-11H,4-7,13H2,1-3H3,(H,14,15). The highest BCUT2D eigenvalue weighted by atomic mass is 32.2. The molecule has 0 spiro atoms. The van der Waals surface area contributed by atoms with Gasteiger partial charge in [-0.25, -0.2) is 0 Å². The lowest BCUT2D eigenvalue weighted by Crippen LogP contribution is -2.46. The number of carbonyl (C=O) groups excluding carboxylic acids is 1. The summed E-state index contributed by atoms with van der Waals surface area (Å²) >= 11 is 1.72. The van der Waals surface area contributed by atoms with E-state index >= 15 is 0 Å². The van der Waals surface area contributed by atoms with Crippen molar-refractivity contribution in [3.05, 3.63) is 0 Å². The fourth-order valence-electron chi connectivity index (χ4n) is 1.88. The van der Waals surface area contributed by atoms with E-state index in [1.807, 2.05) is 0 Å². The number of rotatable bonds is 7. The molecule has 0 heterocycles. The van der Waals surface area contributed by atoms with Crippen LogP contribution in [0, 0.1) is 11.8 Å². The maximum atomic E-state index is 12.1. The number of nitrogens with two attached hydrogens (primary N) is 1. The number of carbonyl (C=O) groups is 1. The maximum absolute atomic E-state index is 12.1. The van der Waals surface area contributed by atoms with Crippen molar-refractivity contribution in [2.45, 2.75) is 44.9 Å². The average Bonchev–Trinajstić information content (AvgIpc) is 3.05. The van der Waals surface area contributed by atoms with E-state index in [0.717, 1.165) is 5.75 Å². The van der Waals surface area contributed by atoms with Crippen LogP contribution in [0.3, 0.4) is 0 Å². The monoisotopic (exact) mass is 244 g/mol. The van der Waals surface area contributed by atoms with Crippen LogP contribution in [0.15, 0.2) is 0 Å². The minimum atomic E-state index is 0.0674. The van der Waals surface area contributed by atoms with Crippen LogP contribution in [0.5, 0.6) is 0 Å². The number of hydrogen-bond donors (Lipinski definition) is 2. The van der Waals surface area contributed by atoms with E-state index in [1.165, 1.54) is 12.8 Å². The normalized spacial score (nSPS) is 19.6. The molecule has 94 valence electrons. The lowest BCUT2D eigenvalue weighted by atomic mass is 10.1. The van der Waals surface area contributed by atoms with E-state index in [9.17, 15) is 4.79 Å². The van der Waals surface area contributed by atoms with E-state index in [4.69, 9.17) is 5.73 Å². The molecule has 0 aromatic carbocycles. The average molecular weight is 244 g/mol. The maximum Gasteiger partial charge on any atom is 0.233 e. The Kier molecular flexibility index (Phi) is 5.62. The summed E-state index contributed by atoms with van der Waals surface area (Å²) in [4.78, 5) is 12.1. The largest absolute Gasteiger partial charge is 0.351 e. The second-order valence-electron chi connectivity index (χ2n) is 4.81. The third-order valence-electron chi connectivity index (χ3n) is 2.98. The Hall–Kier alpha value is -0.220. The highest BCUT2D eigenvalue weighted by Gasteiger charge is 2.33. The summed E-state index contributed by atoms with van der Waals surface area (Å²) in [6.07, 6.45) is 2.44. The molecule has 0 radical (unpaired) electrons. The first kappa shape index (κ1) is 13.8. The molecule has 1 aliphatic rings. The molecule has 1 fully saturated rings. The summed E-state index contributed by atoms with van der Waals surface area (Å²) in [5.74, 6) is 2.16. The highest BCUT2D eigenvalue weighted by molar-refractivity contribution is 8.00. The van der Waals surface area contributed by atoms with Crippen molar-refractivity contribution in [3.8, 4) is 0 Å². The molecule has 0 aliphatic heterocycles. The molecule has 4 heteroatoms. The van der Waals surface area contributed by atoms with Crippen molar-refractivity contribution in [1.82, 2.24) is 5.32 Å². The van der Waals surface area contributed by atoms with Crippen LogP contribution in [0.2, 0.25) is 0 Å². The van der Waals surface area contributed by atoms with Gasteiger partial charge in [0.15, 0.2) is 0 Å². The Labute approximate surface area is 103 Å². The van der Waals surface area contributed by atoms with Gasteiger partial charge in [0, 0.05) is 12.6 Å². The SMILES string of the molecule is CCSC(C(=O)NC(CN)C1CC1)C(C)C. The molecule has 1 amide bonds. The molecule has 0 bridgehead atoms. The van der Waals surface area contributed by atoms with Gasteiger partial charge in [-0.05, 0) is 30.4 Å². The number of thioether (sulfide) groups is 1. The van der Waals surface area contributed by atoms with Gasteiger partial charge in [-0.15, -0.1) is 11.8 Å². The van der Waals surface area contributed by atoms with Crippen molar-refractivity contribution < 1.29 is 4.79 Å². The Bertz CT molecular complexity index is 229. The molecular weight excluding hydrogens is 220 g/mol. The van der Waals surface area contributed by atoms with Crippen LogP contribution in [0.25, 0.3) is 0 Å². The first-order chi connectivity index (χ1) is 7.60. The molecule has 0 aromatic rings. The van der Waals surface area contributed by atoms with Gasteiger partial charge in [-0.3, -0.25) is 4.79 Å². The van der Waals surface area contributed by atoms with Gasteiger partial charge in [-0.2, -0.15) is 0 Å². The smallest absolute Gasteiger partial charge is 0.233 e. The van der Waals surface area contributed by atoms with Crippen LogP contribution in [-0.2, 0) is 4.79 Å². The van der Waals surface area contributed by atoms with Crippen molar-refractivity contribution in [3.63, 3.8) is 0 Å². The fraction of sp³-hybridized carbons (Fsp3) is 0.917. The third-order valence-corrected chi connectivity index (χ3v) is 4.43. The molecule has 1 aliphatic carbocycles. The second kappa shape index (κ2) is 6.50. The third kappa shape index (κ3) is 3.98. The molecule has 16 heavy (non-hydrogen) atoms. The Morgan fingerprint density at radius 3 is 2.50 bits per heavy atom. The van der Waals surface area contributed by atoms with Gasteiger partial charge in [0.2, 0.25) is 5.91 Å². The molecule has 1 rings (SSSR count). The molecule has 2 unspecified atom stereocenters. The molecule has 3 nitrogen and oxygen atoms in total. The van der Waals surface area contributed by atoms with E-state index in [1.54, 1.807) is 11.8 Å². The van der Waals surface area contributed by atoms with Crippen LogP contribution in [0.4, 0.5) is 0 Å². The zero-order valence-corrected chi connectivity index (χ0v) is 11.3. The lowest BCUT2D eigenvalue weighted by Gasteiger charge is -2.23. The van der Waals surface area contributed by atoms with Gasteiger partial charge in [0.1, 0.15) is 0 Å². The highest BCUT2D eigenvalue weighted by Crippen LogP contribution is 2.32. The van der Waals surface area contributed by atoms with Crippen LogP contribution in [-0.4, -0.2) is 29.5 Å². The van der Waals surface area contributed by atoms with Gasteiger partial charge in [0.05, 0.1) is 5.25 Å². The summed E-state index contributed by atoms with van der Waals surface area (Å²) in [5, 5.41) is 3.18. The summed E-state index contributed by atoms with van der Waals surface area (Å²) in [6, 6.07) is 0.200. The molecule has 1 saturated carbocycles. The van der Waals surface area contributed by atoms with Crippen molar-refractivity contribution in [2.24, 2.45) is 17.6 Å². The van der Waals surface area contributed by atoms with E-state index < -0.39 is 0 Å². The van der Waals surface area contributed by atoms with Crippen molar-refractivity contribution in [2.75, 3.05) is 12.3 Å². The molecule has 0 aromatic heterocycles. The quantitative estimate of drug-likeness (QED) is 0.715. The first-order valence-corrected chi connectivity index (χ1v) is 7.27. The summed E-state index contributed by atoms with van der Waals surface area (Å²) in [5.41, 5.74) is 5.69. The minimum absolute atomic E-state index is 0.0674. The first-order valence-electron chi connectivity index (χ1n) is 6.22. The Morgan fingerprint density at radius 1 is 1.50 bits per heavy atom. The molecule has 2 atom stereocenters. The lowest BCUT2D eigenvalue weighted by molar-refractivity contribution is -0.122. The molecular formula is C12H24N2OS. The topological polar surface area (TPSA) is 55.1 Å². The zero-order chi connectivity index (χ0) is 12.1. The van der Waals surface area contributed by atoms with Crippen LogP contribution in [0.1, 0.15) is 33.6 Å². The van der Waals surface area contributed by atoms with Gasteiger partial charge in [0.25, 0.3) is 0 Å². The molecule has 0 saturated heterocycles. The summed E-state index contributed by atoms with van der Waals surface area (Å²) in [6.45, 7) is 6.86. The predicted octanol–water partition coefficient (Wildman–Crippen LogP) is 1.62. The van der Waals surface area contributed by atoms with Crippen molar-refractivity contribution >= 4 is 17.7 Å². The van der Waals surface area contributed by atoms with Gasteiger partial charge >= 0.3 is 0 Å². The predicted molar refractivity (Wildman–Crippen MR) is 70.5 cm³/mol. The van der Waals surface area contributed by atoms with E-state index in [-0.39, 0.29) is 17.2 Å². The van der Waals surface area contributed by atoms with Gasteiger partial charge < -0.3 is 11.1 Å². The number of amides is 1. The van der Waals surface area contributed by atoms with Gasteiger partial charge in [-0.1, -0.05) is 20.8 Å². The van der Waals surface area contributed by atoms with E-state index in [2.05, 4.69) is 26.1 Å². The summed E-state index contributed by atoms with van der Waals surface area (Å²) < 4.78 is 0.